The Balaban J connectivity index is 1.70. The van der Waals surface area contributed by atoms with E-state index in [1.54, 1.807) is 0 Å². The molecule has 18 heavy (non-hydrogen) atoms. The van der Waals surface area contributed by atoms with Crippen LogP contribution in [-0.2, 0) is 13.0 Å². The maximum atomic E-state index is 4.44. The van der Waals surface area contributed by atoms with E-state index in [0.717, 1.165) is 36.1 Å². The van der Waals surface area contributed by atoms with Crippen LogP contribution in [0.4, 0.5) is 0 Å². The zero-order valence-corrected chi connectivity index (χ0v) is 10.7. The van der Waals surface area contributed by atoms with Gasteiger partial charge in [-0.05, 0) is 24.8 Å². The highest BCUT2D eigenvalue weighted by Gasteiger charge is 2.20. The average molecular weight is 241 g/mol. The third-order valence-electron chi connectivity index (χ3n) is 3.42. The van der Waals surface area contributed by atoms with Gasteiger partial charge in [-0.2, -0.15) is 0 Å². The predicted molar refractivity (Wildman–Crippen MR) is 73.3 cm³/mol. The molecule has 0 bridgehead atoms. The fourth-order valence-electron chi connectivity index (χ4n) is 2.04. The number of H-pyrrole nitrogens is 1. The molecule has 3 rings (SSSR count). The van der Waals surface area contributed by atoms with E-state index in [-0.39, 0.29) is 0 Å². The molecule has 0 aliphatic heterocycles. The lowest BCUT2D eigenvalue weighted by atomic mass is 10.1. The molecule has 1 aliphatic carbocycles. The number of aromatic amines is 1. The zero-order valence-electron chi connectivity index (χ0n) is 10.7. The van der Waals surface area contributed by atoms with Crippen LogP contribution < -0.4 is 5.32 Å². The second-order valence-corrected chi connectivity index (χ2v) is 4.96. The van der Waals surface area contributed by atoms with Crippen molar-refractivity contribution in [3.63, 3.8) is 0 Å². The molecule has 0 atom stereocenters. The van der Waals surface area contributed by atoms with Crippen molar-refractivity contribution in [2.45, 2.75) is 38.8 Å². The average Bonchev–Trinajstić information content (AvgIpc) is 3.14. The molecule has 1 saturated carbocycles. The number of imidazole rings is 1. The number of hydrogen-bond donors (Lipinski definition) is 2. The third-order valence-corrected chi connectivity index (χ3v) is 3.42. The van der Waals surface area contributed by atoms with Gasteiger partial charge in [-0.25, -0.2) is 4.98 Å². The van der Waals surface area contributed by atoms with Gasteiger partial charge in [0.15, 0.2) is 0 Å². The van der Waals surface area contributed by atoms with Gasteiger partial charge in [-0.15, -0.1) is 0 Å². The van der Waals surface area contributed by atoms with Crippen LogP contribution in [0.15, 0.2) is 30.5 Å². The van der Waals surface area contributed by atoms with Crippen molar-refractivity contribution >= 4 is 0 Å². The lowest BCUT2D eigenvalue weighted by Crippen LogP contribution is -2.15. The van der Waals surface area contributed by atoms with Gasteiger partial charge in [-0.3, -0.25) is 0 Å². The first-order valence-electron chi connectivity index (χ1n) is 6.71. The number of benzene rings is 1. The molecule has 1 fully saturated rings. The Bertz CT molecular complexity index is 509. The fraction of sp³-hybridized carbons (Fsp3) is 0.400. The molecule has 0 saturated heterocycles. The second kappa shape index (κ2) is 4.94. The van der Waals surface area contributed by atoms with Crippen LogP contribution in [0.2, 0.25) is 0 Å². The number of hydrogen-bond acceptors (Lipinski definition) is 2. The lowest BCUT2D eigenvalue weighted by Gasteiger charge is -2.00. The summed E-state index contributed by atoms with van der Waals surface area (Å²) >= 11 is 0. The molecule has 1 aliphatic rings. The summed E-state index contributed by atoms with van der Waals surface area (Å²) in [5, 5.41) is 3.48. The Morgan fingerprint density at radius 3 is 2.72 bits per heavy atom. The Kier molecular flexibility index (Phi) is 3.15. The topological polar surface area (TPSA) is 40.7 Å². The highest BCUT2D eigenvalue weighted by molar-refractivity contribution is 5.55. The molecule has 2 N–H and O–H groups in total. The van der Waals surface area contributed by atoms with Crippen molar-refractivity contribution in [3.8, 4) is 11.4 Å². The van der Waals surface area contributed by atoms with Crippen molar-refractivity contribution in [1.82, 2.24) is 15.3 Å². The molecule has 94 valence electrons. The highest BCUT2D eigenvalue weighted by atomic mass is 15.0. The minimum atomic E-state index is 0.737. The summed E-state index contributed by atoms with van der Waals surface area (Å²) in [5.74, 6) is 0.963. The Labute approximate surface area is 108 Å². The molecule has 2 aromatic rings. The van der Waals surface area contributed by atoms with Crippen LogP contribution in [0, 0.1) is 0 Å². The molecule has 0 spiro atoms. The van der Waals surface area contributed by atoms with E-state index in [1.165, 1.54) is 18.4 Å². The summed E-state index contributed by atoms with van der Waals surface area (Å²) in [6.45, 7) is 3.06. The van der Waals surface area contributed by atoms with E-state index in [0.29, 0.717) is 0 Å². The molecular formula is C15H19N3. The number of nitrogens with zero attached hydrogens (tertiary/aromatic N) is 1. The summed E-state index contributed by atoms with van der Waals surface area (Å²) in [5.41, 5.74) is 3.68. The summed E-state index contributed by atoms with van der Waals surface area (Å²) in [7, 11) is 0. The molecule has 3 nitrogen and oxygen atoms in total. The van der Waals surface area contributed by atoms with E-state index in [1.807, 2.05) is 6.20 Å². The van der Waals surface area contributed by atoms with Crippen molar-refractivity contribution in [1.29, 1.82) is 0 Å². The Morgan fingerprint density at radius 1 is 1.28 bits per heavy atom. The maximum absolute atomic E-state index is 4.44. The van der Waals surface area contributed by atoms with Gasteiger partial charge in [0.25, 0.3) is 0 Å². The van der Waals surface area contributed by atoms with Crippen LogP contribution >= 0.6 is 0 Å². The first-order valence-corrected chi connectivity index (χ1v) is 6.71. The van der Waals surface area contributed by atoms with Gasteiger partial charge in [0.05, 0.1) is 0 Å². The van der Waals surface area contributed by atoms with Gasteiger partial charge in [0, 0.05) is 30.0 Å². The first-order chi connectivity index (χ1) is 8.85. The molecule has 3 heteroatoms. The van der Waals surface area contributed by atoms with Crippen LogP contribution in [0.5, 0.6) is 0 Å². The summed E-state index contributed by atoms with van der Waals surface area (Å²) < 4.78 is 0. The molecule has 0 unspecified atom stereocenters. The van der Waals surface area contributed by atoms with Crippen molar-refractivity contribution in [3.05, 3.63) is 41.7 Å². The van der Waals surface area contributed by atoms with Crippen molar-refractivity contribution in [2.24, 2.45) is 0 Å². The fourth-order valence-corrected chi connectivity index (χ4v) is 2.04. The monoisotopic (exact) mass is 241 g/mol. The van der Waals surface area contributed by atoms with Crippen LogP contribution in [0.3, 0.4) is 0 Å². The summed E-state index contributed by atoms with van der Waals surface area (Å²) in [6, 6.07) is 9.34. The third kappa shape index (κ3) is 2.62. The quantitative estimate of drug-likeness (QED) is 0.845. The van der Waals surface area contributed by atoms with E-state index >= 15 is 0 Å². The lowest BCUT2D eigenvalue weighted by molar-refractivity contribution is 0.677. The van der Waals surface area contributed by atoms with Crippen molar-refractivity contribution in [2.75, 3.05) is 0 Å². The highest BCUT2D eigenvalue weighted by Crippen LogP contribution is 2.20. The molecule has 1 aromatic carbocycles. The van der Waals surface area contributed by atoms with Gasteiger partial charge in [0.1, 0.15) is 5.82 Å². The van der Waals surface area contributed by atoms with Gasteiger partial charge in [-0.1, -0.05) is 31.2 Å². The zero-order chi connectivity index (χ0) is 12.4. The van der Waals surface area contributed by atoms with Gasteiger partial charge < -0.3 is 10.3 Å². The predicted octanol–water partition coefficient (Wildman–Crippen LogP) is 2.89. The van der Waals surface area contributed by atoms with Crippen LogP contribution in [0.1, 0.15) is 31.0 Å². The summed E-state index contributed by atoms with van der Waals surface area (Å²) in [4.78, 5) is 7.82. The number of rotatable bonds is 5. The van der Waals surface area contributed by atoms with Crippen LogP contribution in [-0.4, -0.2) is 16.0 Å². The normalized spacial score (nSPS) is 14.9. The van der Waals surface area contributed by atoms with E-state index in [4.69, 9.17) is 0 Å². The number of aromatic nitrogens is 2. The Hall–Kier alpha value is -1.61. The smallest absolute Gasteiger partial charge is 0.137 e. The molecule has 1 aromatic heterocycles. The maximum Gasteiger partial charge on any atom is 0.137 e. The van der Waals surface area contributed by atoms with E-state index in [2.05, 4.69) is 46.5 Å². The van der Waals surface area contributed by atoms with Gasteiger partial charge in [0.2, 0.25) is 0 Å². The second-order valence-electron chi connectivity index (χ2n) is 4.96. The Morgan fingerprint density at radius 2 is 2.06 bits per heavy atom. The van der Waals surface area contributed by atoms with E-state index in [9.17, 15) is 0 Å². The number of aryl methyl sites for hydroxylation is 1. The molecule has 0 radical (unpaired) electrons. The first kappa shape index (κ1) is 11.5. The molecule has 1 heterocycles. The minimum absolute atomic E-state index is 0.737. The van der Waals surface area contributed by atoms with Crippen molar-refractivity contribution < 1.29 is 0 Å². The largest absolute Gasteiger partial charge is 0.341 e. The standard InChI is InChI=1S/C15H19N3/c1-2-11-3-5-12(6-4-11)15-17-10-14(18-15)9-16-13-7-8-13/h3-6,10,13,16H,2,7-9H2,1H3,(H,17,18). The minimum Gasteiger partial charge on any atom is -0.341 e. The molecule has 0 amide bonds. The van der Waals surface area contributed by atoms with E-state index < -0.39 is 0 Å². The SMILES string of the molecule is CCc1ccc(-c2ncc(CNC3CC3)[nH]2)cc1. The molecular weight excluding hydrogens is 222 g/mol. The number of nitrogens with one attached hydrogen (secondary N) is 2. The summed E-state index contributed by atoms with van der Waals surface area (Å²) in [6.07, 6.45) is 5.65. The van der Waals surface area contributed by atoms with Gasteiger partial charge >= 0.3 is 0 Å². The van der Waals surface area contributed by atoms with Crippen LogP contribution in [0.25, 0.3) is 11.4 Å².